The number of piperidine rings is 1. The Balaban J connectivity index is 1.52. The smallest absolute Gasteiger partial charge is 0.220 e. The Bertz CT molecular complexity index is 652. The van der Waals surface area contributed by atoms with Gasteiger partial charge in [-0.05, 0) is 24.8 Å². The summed E-state index contributed by atoms with van der Waals surface area (Å²) in [5.41, 5.74) is 9.62. The van der Waals surface area contributed by atoms with Crippen molar-refractivity contribution in [2.45, 2.75) is 31.4 Å². The SMILES string of the molecule is Nc1ncc2c(n1)C1(CCN(Cc3cncs3)CC1)OCC2. The monoisotopic (exact) mass is 317 g/mol. The average Bonchev–Trinajstić information content (AvgIpc) is 3.04. The second kappa shape index (κ2) is 5.57. The minimum atomic E-state index is -0.269. The molecule has 4 heterocycles. The minimum Gasteiger partial charge on any atom is -0.368 e. The number of rotatable bonds is 2. The average molecular weight is 317 g/mol. The van der Waals surface area contributed by atoms with E-state index in [9.17, 15) is 0 Å². The van der Waals surface area contributed by atoms with Gasteiger partial charge in [0.2, 0.25) is 5.95 Å². The first kappa shape index (κ1) is 14.0. The molecule has 4 rings (SSSR count). The predicted octanol–water partition coefficient (Wildman–Crippen LogP) is 1.58. The van der Waals surface area contributed by atoms with E-state index >= 15 is 0 Å². The van der Waals surface area contributed by atoms with Gasteiger partial charge in [-0.1, -0.05) is 0 Å². The number of nitrogens with two attached hydrogens (primary N) is 1. The summed E-state index contributed by atoms with van der Waals surface area (Å²) in [6, 6.07) is 0. The van der Waals surface area contributed by atoms with Crippen molar-refractivity contribution in [1.82, 2.24) is 19.9 Å². The number of hydrogen-bond acceptors (Lipinski definition) is 7. The molecule has 0 unspecified atom stereocenters. The zero-order valence-electron chi connectivity index (χ0n) is 12.4. The molecule has 116 valence electrons. The van der Waals surface area contributed by atoms with Crippen LogP contribution in [0.5, 0.6) is 0 Å². The Morgan fingerprint density at radius 1 is 1.32 bits per heavy atom. The summed E-state index contributed by atoms with van der Waals surface area (Å²) >= 11 is 1.71. The van der Waals surface area contributed by atoms with Gasteiger partial charge in [-0.3, -0.25) is 9.88 Å². The highest BCUT2D eigenvalue weighted by atomic mass is 32.1. The molecule has 0 aromatic carbocycles. The van der Waals surface area contributed by atoms with E-state index < -0.39 is 0 Å². The van der Waals surface area contributed by atoms with Crippen LogP contribution in [0.4, 0.5) is 5.95 Å². The van der Waals surface area contributed by atoms with Gasteiger partial charge in [0.25, 0.3) is 0 Å². The second-order valence-corrected chi connectivity index (χ2v) is 6.91. The molecular weight excluding hydrogens is 298 g/mol. The van der Waals surface area contributed by atoms with E-state index in [1.54, 1.807) is 11.3 Å². The molecule has 2 aliphatic rings. The number of thiazole rings is 1. The molecule has 1 saturated heterocycles. The Morgan fingerprint density at radius 2 is 2.18 bits per heavy atom. The standard InChI is InChI=1S/C15H19N5OS/c16-14-18-7-11-1-6-21-15(13(11)19-14)2-4-20(5-3-15)9-12-8-17-10-22-12/h7-8,10H,1-6,9H2,(H2,16,18,19). The number of ether oxygens (including phenoxy) is 1. The van der Waals surface area contributed by atoms with Crippen molar-refractivity contribution in [3.05, 3.63) is 34.0 Å². The van der Waals surface area contributed by atoms with Gasteiger partial charge in [0.15, 0.2) is 0 Å². The summed E-state index contributed by atoms with van der Waals surface area (Å²) in [5, 5.41) is 0. The van der Waals surface area contributed by atoms with Crippen molar-refractivity contribution < 1.29 is 4.74 Å². The summed E-state index contributed by atoms with van der Waals surface area (Å²) in [6.07, 6.45) is 6.60. The molecule has 2 aliphatic heterocycles. The first-order valence-electron chi connectivity index (χ1n) is 7.61. The van der Waals surface area contributed by atoms with E-state index in [4.69, 9.17) is 10.5 Å². The molecule has 0 atom stereocenters. The van der Waals surface area contributed by atoms with Crippen molar-refractivity contribution in [3.63, 3.8) is 0 Å². The van der Waals surface area contributed by atoms with Crippen LogP contribution in [0.15, 0.2) is 17.9 Å². The summed E-state index contributed by atoms with van der Waals surface area (Å²) in [6.45, 7) is 3.72. The molecule has 0 saturated carbocycles. The van der Waals surface area contributed by atoms with Crippen LogP contribution in [0.25, 0.3) is 0 Å². The molecule has 6 nitrogen and oxygen atoms in total. The highest BCUT2D eigenvalue weighted by molar-refractivity contribution is 7.09. The van der Waals surface area contributed by atoms with Crippen molar-refractivity contribution >= 4 is 17.3 Å². The molecule has 2 aromatic rings. The maximum Gasteiger partial charge on any atom is 0.220 e. The van der Waals surface area contributed by atoms with Gasteiger partial charge < -0.3 is 10.5 Å². The van der Waals surface area contributed by atoms with Crippen molar-refractivity contribution in [3.8, 4) is 0 Å². The van der Waals surface area contributed by atoms with E-state index in [2.05, 4.69) is 19.9 Å². The molecule has 1 spiro atoms. The van der Waals surface area contributed by atoms with Crippen LogP contribution >= 0.6 is 11.3 Å². The number of aromatic nitrogens is 3. The van der Waals surface area contributed by atoms with Gasteiger partial charge in [0.05, 0.1) is 17.8 Å². The zero-order chi connectivity index (χ0) is 15.0. The predicted molar refractivity (Wildman–Crippen MR) is 84.4 cm³/mol. The number of likely N-dealkylation sites (tertiary alicyclic amines) is 1. The molecule has 22 heavy (non-hydrogen) atoms. The largest absolute Gasteiger partial charge is 0.368 e. The van der Waals surface area contributed by atoms with Crippen LogP contribution in [0.1, 0.15) is 29.0 Å². The summed E-state index contributed by atoms with van der Waals surface area (Å²) < 4.78 is 6.19. The number of nitrogens with zero attached hydrogens (tertiary/aromatic N) is 4. The highest BCUT2D eigenvalue weighted by Crippen LogP contribution is 2.40. The number of fused-ring (bicyclic) bond motifs is 2. The van der Waals surface area contributed by atoms with E-state index in [1.165, 1.54) is 10.4 Å². The minimum absolute atomic E-state index is 0.269. The van der Waals surface area contributed by atoms with Crippen molar-refractivity contribution in [2.24, 2.45) is 0 Å². The molecular formula is C15H19N5OS. The topological polar surface area (TPSA) is 77.2 Å². The van der Waals surface area contributed by atoms with Crippen LogP contribution in [-0.4, -0.2) is 39.5 Å². The van der Waals surface area contributed by atoms with Crippen LogP contribution in [0.3, 0.4) is 0 Å². The second-order valence-electron chi connectivity index (χ2n) is 5.94. The number of nitrogen functional groups attached to an aromatic ring is 1. The van der Waals surface area contributed by atoms with E-state index in [-0.39, 0.29) is 5.60 Å². The van der Waals surface area contributed by atoms with Crippen molar-refractivity contribution in [1.29, 1.82) is 0 Å². The Morgan fingerprint density at radius 3 is 2.95 bits per heavy atom. The van der Waals surface area contributed by atoms with Crippen LogP contribution < -0.4 is 5.73 Å². The van der Waals surface area contributed by atoms with Gasteiger partial charge in [0, 0.05) is 36.9 Å². The molecule has 0 radical (unpaired) electrons. The number of hydrogen-bond donors (Lipinski definition) is 1. The Hall–Kier alpha value is -1.57. The summed E-state index contributed by atoms with van der Waals surface area (Å²) in [7, 11) is 0. The molecule has 1 fully saturated rings. The molecule has 0 bridgehead atoms. The lowest BCUT2D eigenvalue weighted by Gasteiger charge is -2.43. The zero-order valence-corrected chi connectivity index (χ0v) is 13.2. The van der Waals surface area contributed by atoms with E-state index in [0.717, 1.165) is 51.2 Å². The Kier molecular flexibility index (Phi) is 3.56. The first-order chi connectivity index (χ1) is 10.8. The fraction of sp³-hybridized carbons (Fsp3) is 0.533. The highest BCUT2D eigenvalue weighted by Gasteiger charge is 2.42. The Labute approximate surface area is 133 Å². The lowest BCUT2D eigenvalue weighted by molar-refractivity contribution is -0.102. The third-order valence-corrected chi connectivity index (χ3v) is 5.36. The third kappa shape index (κ3) is 2.49. The van der Waals surface area contributed by atoms with Crippen LogP contribution in [0.2, 0.25) is 0 Å². The van der Waals surface area contributed by atoms with Gasteiger partial charge in [0.1, 0.15) is 5.60 Å². The molecule has 2 aromatic heterocycles. The third-order valence-electron chi connectivity index (χ3n) is 4.59. The van der Waals surface area contributed by atoms with Gasteiger partial charge in [-0.2, -0.15) is 0 Å². The lowest BCUT2D eigenvalue weighted by Crippen LogP contribution is -2.47. The van der Waals surface area contributed by atoms with Gasteiger partial charge in [-0.25, -0.2) is 9.97 Å². The van der Waals surface area contributed by atoms with Gasteiger partial charge >= 0.3 is 0 Å². The summed E-state index contributed by atoms with van der Waals surface area (Å²) in [4.78, 5) is 16.6. The fourth-order valence-corrected chi connectivity index (χ4v) is 4.05. The first-order valence-corrected chi connectivity index (χ1v) is 8.49. The summed E-state index contributed by atoms with van der Waals surface area (Å²) in [5.74, 6) is 0.343. The fourth-order valence-electron chi connectivity index (χ4n) is 3.42. The van der Waals surface area contributed by atoms with E-state index in [0.29, 0.717) is 5.95 Å². The quantitative estimate of drug-likeness (QED) is 0.906. The molecule has 0 amide bonds. The maximum absolute atomic E-state index is 6.19. The normalized spacial score (nSPS) is 20.9. The van der Waals surface area contributed by atoms with Crippen molar-refractivity contribution in [2.75, 3.05) is 25.4 Å². The lowest BCUT2D eigenvalue weighted by atomic mass is 9.83. The molecule has 0 aliphatic carbocycles. The van der Waals surface area contributed by atoms with E-state index in [1.807, 2.05) is 17.9 Å². The van der Waals surface area contributed by atoms with Gasteiger partial charge in [-0.15, -0.1) is 11.3 Å². The maximum atomic E-state index is 6.19. The molecule has 2 N–H and O–H groups in total. The molecule has 7 heteroatoms. The number of anilines is 1. The van der Waals surface area contributed by atoms with Crippen LogP contribution in [-0.2, 0) is 23.3 Å². The van der Waals surface area contributed by atoms with Crippen LogP contribution in [0, 0.1) is 0 Å².